The maximum Gasteiger partial charge on any atom is 0.573 e. The Morgan fingerprint density at radius 1 is 1.41 bits per heavy atom. The molecule has 17 heavy (non-hydrogen) atoms. The van der Waals surface area contributed by atoms with Crippen LogP contribution in [0.2, 0.25) is 0 Å². The van der Waals surface area contributed by atoms with E-state index in [2.05, 4.69) is 14.7 Å². The van der Waals surface area contributed by atoms with Gasteiger partial charge in [-0.3, -0.25) is 0 Å². The van der Waals surface area contributed by atoms with Crippen molar-refractivity contribution in [2.75, 3.05) is 0 Å². The average molecular weight is 245 g/mol. The van der Waals surface area contributed by atoms with Crippen LogP contribution in [-0.2, 0) is 0 Å². The minimum atomic E-state index is -4.70. The van der Waals surface area contributed by atoms with Crippen LogP contribution in [0, 0.1) is 0 Å². The molecule has 0 radical (unpaired) electrons. The average Bonchev–Trinajstić information content (AvgIpc) is 2.57. The van der Waals surface area contributed by atoms with Gasteiger partial charge in [0.05, 0.1) is 17.1 Å². The van der Waals surface area contributed by atoms with Gasteiger partial charge in [0.1, 0.15) is 11.6 Å². The summed E-state index contributed by atoms with van der Waals surface area (Å²) in [4.78, 5) is 6.97. The minimum absolute atomic E-state index is 0.287. The quantitative estimate of drug-likeness (QED) is 0.854. The summed E-state index contributed by atoms with van der Waals surface area (Å²) >= 11 is 0. The molecule has 1 aromatic heterocycles. The molecule has 1 unspecified atom stereocenters. The second-order valence-corrected chi connectivity index (χ2v) is 3.64. The predicted octanol–water partition coefficient (Wildman–Crippen LogP) is 2.48. The number of imidazole rings is 1. The largest absolute Gasteiger partial charge is 0.573 e. The lowest BCUT2D eigenvalue weighted by Crippen LogP contribution is -2.16. The number of fused-ring (bicyclic) bond motifs is 1. The van der Waals surface area contributed by atoms with Crippen LogP contribution in [0.5, 0.6) is 5.75 Å². The van der Waals surface area contributed by atoms with Crippen molar-refractivity contribution in [3.63, 3.8) is 0 Å². The van der Waals surface area contributed by atoms with E-state index >= 15 is 0 Å². The first kappa shape index (κ1) is 11.7. The molecule has 2 rings (SSSR count). The van der Waals surface area contributed by atoms with Crippen LogP contribution in [0.4, 0.5) is 13.2 Å². The van der Waals surface area contributed by atoms with E-state index in [-0.39, 0.29) is 11.8 Å². The second kappa shape index (κ2) is 3.92. The zero-order valence-electron chi connectivity index (χ0n) is 8.88. The summed E-state index contributed by atoms with van der Waals surface area (Å²) < 4.78 is 39.8. The van der Waals surface area contributed by atoms with Crippen molar-refractivity contribution < 1.29 is 17.9 Å². The number of rotatable bonds is 2. The van der Waals surface area contributed by atoms with Gasteiger partial charge in [-0.25, -0.2) is 4.98 Å². The first-order chi connectivity index (χ1) is 7.85. The van der Waals surface area contributed by atoms with Crippen molar-refractivity contribution >= 4 is 11.0 Å². The molecule has 7 heteroatoms. The second-order valence-electron chi connectivity index (χ2n) is 3.64. The molecule has 2 aromatic rings. The molecule has 0 fully saturated rings. The molecule has 1 aromatic carbocycles. The molecule has 1 atom stereocenters. The lowest BCUT2D eigenvalue weighted by molar-refractivity contribution is -0.274. The number of alkyl halides is 3. The third-order valence-electron chi connectivity index (χ3n) is 2.14. The van der Waals surface area contributed by atoms with Crippen LogP contribution in [0.3, 0.4) is 0 Å². The molecular weight excluding hydrogens is 235 g/mol. The normalized spacial score (nSPS) is 13.9. The summed E-state index contributed by atoms with van der Waals surface area (Å²) in [6.07, 6.45) is -4.70. The van der Waals surface area contributed by atoms with E-state index in [1.54, 1.807) is 6.92 Å². The fourth-order valence-corrected chi connectivity index (χ4v) is 1.42. The molecule has 0 saturated carbocycles. The monoisotopic (exact) mass is 245 g/mol. The maximum atomic E-state index is 12.0. The van der Waals surface area contributed by atoms with Gasteiger partial charge in [0.25, 0.3) is 0 Å². The van der Waals surface area contributed by atoms with E-state index in [1.807, 2.05) is 0 Å². The molecule has 3 N–H and O–H groups in total. The summed E-state index contributed by atoms with van der Waals surface area (Å²) in [6.45, 7) is 1.73. The summed E-state index contributed by atoms with van der Waals surface area (Å²) in [5.74, 6) is 0.231. The van der Waals surface area contributed by atoms with Crippen LogP contribution >= 0.6 is 0 Å². The van der Waals surface area contributed by atoms with Crippen molar-refractivity contribution in [2.24, 2.45) is 5.73 Å². The number of benzene rings is 1. The van der Waals surface area contributed by atoms with Crippen molar-refractivity contribution in [3.05, 3.63) is 24.0 Å². The number of hydrogen-bond acceptors (Lipinski definition) is 3. The number of aromatic nitrogens is 2. The summed E-state index contributed by atoms with van der Waals surface area (Å²) in [6, 6.07) is 3.58. The number of halogens is 3. The molecule has 92 valence electrons. The van der Waals surface area contributed by atoms with Gasteiger partial charge in [-0.15, -0.1) is 13.2 Å². The lowest BCUT2D eigenvalue weighted by atomic mass is 10.3. The van der Waals surface area contributed by atoms with Gasteiger partial charge >= 0.3 is 6.36 Å². The van der Waals surface area contributed by atoms with Crippen LogP contribution in [-0.4, -0.2) is 16.3 Å². The maximum absolute atomic E-state index is 12.0. The molecular formula is C10H10F3N3O. The Bertz CT molecular complexity index is 533. The Kier molecular flexibility index (Phi) is 2.70. The summed E-state index contributed by atoms with van der Waals surface area (Å²) in [5.41, 5.74) is 6.62. The van der Waals surface area contributed by atoms with Gasteiger partial charge in [0, 0.05) is 6.07 Å². The number of ether oxygens (including phenoxy) is 1. The SMILES string of the molecule is CC(N)c1nc2ccc(OC(F)(F)F)cc2[nH]1. The smallest absolute Gasteiger partial charge is 0.406 e. The summed E-state index contributed by atoms with van der Waals surface area (Å²) in [7, 11) is 0. The number of nitrogens with zero attached hydrogens (tertiary/aromatic N) is 1. The van der Waals surface area contributed by atoms with Gasteiger partial charge in [0.15, 0.2) is 0 Å². The number of hydrogen-bond donors (Lipinski definition) is 2. The predicted molar refractivity (Wildman–Crippen MR) is 55.4 cm³/mol. The summed E-state index contributed by atoms with van der Waals surface area (Å²) in [5, 5.41) is 0. The molecule has 4 nitrogen and oxygen atoms in total. The topological polar surface area (TPSA) is 63.9 Å². The highest BCUT2D eigenvalue weighted by Crippen LogP contribution is 2.26. The first-order valence-corrected chi connectivity index (χ1v) is 4.86. The number of H-pyrrole nitrogens is 1. The zero-order valence-corrected chi connectivity index (χ0v) is 8.88. The minimum Gasteiger partial charge on any atom is -0.406 e. The number of nitrogens with two attached hydrogens (primary N) is 1. The van der Waals surface area contributed by atoms with Crippen molar-refractivity contribution in [1.29, 1.82) is 0 Å². The van der Waals surface area contributed by atoms with E-state index in [4.69, 9.17) is 5.73 Å². The lowest BCUT2D eigenvalue weighted by Gasteiger charge is -2.07. The van der Waals surface area contributed by atoms with Crippen molar-refractivity contribution in [1.82, 2.24) is 9.97 Å². The van der Waals surface area contributed by atoms with Gasteiger partial charge in [-0.2, -0.15) is 0 Å². The molecule has 1 heterocycles. The Morgan fingerprint density at radius 3 is 2.71 bits per heavy atom. The van der Waals surface area contributed by atoms with Gasteiger partial charge in [-0.1, -0.05) is 0 Å². The zero-order chi connectivity index (χ0) is 12.6. The van der Waals surface area contributed by atoms with Gasteiger partial charge in [0.2, 0.25) is 0 Å². The van der Waals surface area contributed by atoms with Gasteiger partial charge in [-0.05, 0) is 19.1 Å². The molecule has 0 spiro atoms. The highest BCUT2D eigenvalue weighted by molar-refractivity contribution is 5.76. The molecule has 0 aliphatic heterocycles. The highest BCUT2D eigenvalue weighted by Gasteiger charge is 2.31. The molecule has 0 amide bonds. The third kappa shape index (κ3) is 2.68. The van der Waals surface area contributed by atoms with Crippen molar-refractivity contribution in [3.8, 4) is 5.75 Å². The highest BCUT2D eigenvalue weighted by atomic mass is 19.4. The van der Waals surface area contributed by atoms with E-state index in [1.165, 1.54) is 18.2 Å². The Balaban J connectivity index is 2.37. The van der Waals surface area contributed by atoms with E-state index in [0.717, 1.165) is 0 Å². The number of nitrogens with one attached hydrogen (secondary N) is 1. The van der Waals surface area contributed by atoms with E-state index in [0.29, 0.717) is 16.9 Å². The Hall–Kier alpha value is -1.76. The Morgan fingerprint density at radius 2 is 2.12 bits per heavy atom. The first-order valence-electron chi connectivity index (χ1n) is 4.86. The van der Waals surface area contributed by atoms with Crippen LogP contribution < -0.4 is 10.5 Å². The molecule has 0 bridgehead atoms. The van der Waals surface area contributed by atoms with Crippen molar-refractivity contribution in [2.45, 2.75) is 19.3 Å². The van der Waals surface area contributed by atoms with E-state index < -0.39 is 6.36 Å². The fourth-order valence-electron chi connectivity index (χ4n) is 1.42. The standard InChI is InChI=1S/C10H10F3N3O/c1-5(14)9-15-7-3-2-6(4-8(7)16-9)17-10(11,12)13/h2-5H,14H2,1H3,(H,15,16). The Labute approximate surface area is 94.6 Å². The van der Waals surface area contributed by atoms with Crippen LogP contribution in [0.1, 0.15) is 18.8 Å². The van der Waals surface area contributed by atoms with Crippen LogP contribution in [0.15, 0.2) is 18.2 Å². The third-order valence-corrected chi connectivity index (χ3v) is 2.14. The molecule has 0 saturated heterocycles. The number of aromatic amines is 1. The fraction of sp³-hybridized carbons (Fsp3) is 0.300. The van der Waals surface area contributed by atoms with E-state index in [9.17, 15) is 13.2 Å². The van der Waals surface area contributed by atoms with Gasteiger partial charge < -0.3 is 15.5 Å². The molecule has 0 aliphatic carbocycles. The van der Waals surface area contributed by atoms with Crippen LogP contribution in [0.25, 0.3) is 11.0 Å². The molecule has 0 aliphatic rings.